The number of hydrogen-bond donors (Lipinski definition) is 2. The van der Waals surface area contributed by atoms with Crippen LogP contribution in [0.3, 0.4) is 0 Å². The minimum atomic E-state index is -0.578. The van der Waals surface area contributed by atoms with E-state index in [4.69, 9.17) is 15.2 Å². The van der Waals surface area contributed by atoms with Crippen LogP contribution in [0.5, 0.6) is 5.75 Å². The minimum absolute atomic E-state index is 0.0156. The van der Waals surface area contributed by atoms with Crippen molar-refractivity contribution in [1.82, 2.24) is 9.97 Å². The maximum atomic E-state index is 9.65. The maximum Gasteiger partial charge on any atom is 0.143 e. The second-order valence-electron chi connectivity index (χ2n) is 5.53. The standard InChI is InChI=1S/C18H19N5O3S/c1-11(24)10-27-18-14(8-20)16(13(7-19)17(21)23-18)15-4-3-12(9-22-15)26-6-5-25-2/h3-4,9,11,24H,5-6,10H2,1-2H3,(H2,21,23). The Morgan fingerprint density at radius 2 is 2.00 bits per heavy atom. The number of aliphatic hydroxyl groups is 1. The molecule has 9 heteroatoms. The summed E-state index contributed by atoms with van der Waals surface area (Å²) in [4.78, 5) is 8.47. The number of aliphatic hydroxyl groups excluding tert-OH is 1. The summed E-state index contributed by atoms with van der Waals surface area (Å²) >= 11 is 1.20. The van der Waals surface area contributed by atoms with E-state index in [1.165, 1.54) is 18.0 Å². The highest BCUT2D eigenvalue weighted by Gasteiger charge is 2.21. The van der Waals surface area contributed by atoms with Gasteiger partial charge in [-0.2, -0.15) is 10.5 Å². The first-order valence-corrected chi connectivity index (χ1v) is 9.03. The van der Waals surface area contributed by atoms with E-state index < -0.39 is 6.10 Å². The lowest BCUT2D eigenvalue weighted by atomic mass is 10.0. The Kier molecular flexibility index (Phi) is 7.38. The van der Waals surface area contributed by atoms with E-state index in [0.717, 1.165) is 0 Å². The van der Waals surface area contributed by atoms with Gasteiger partial charge in [0.25, 0.3) is 0 Å². The van der Waals surface area contributed by atoms with Crippen molar-refractivity contribution in [2.75, 3.05) is 31.8 Å². The monoisotopic (exact) mass is 385 g/mol. The van der Waals surface area contributed by atoms with Gasteiger partial charge in [-0.1, -0.05) is 0 Å². The van der Waals surface area contributed by atoms with Gasteiger partial charge in [0, 0.05) is 18.4 Å². The maximum absolute atomic E-state index is 9.65. The Labute approximate surface area is 161 Å². The number of thioether (sulfide) groups is 1. The molecule has 140 valence electrons. The van der Waals surface area contributed by atoms with Crippen LogP contribution in [0.2, 0.25) is 0 Å². The number of nitrogens with two attached hydrogens (primary N) is 1. The predicted molar refractivity (Wildman–Crippen MR) is 101 cm³/mol. The topological polar surface area (TPSA) is 138 Å². The molecule has 1 unspecified atom stereocenters. The molecule has 0 aliphatic heterocycles. The summed E-state index contributed by atoms with van der Waals surface area (Å²) < 4.78 is 10.4. The molecule has 0 radical (unpaired) electrons. The smallest absolute Gasteiger partial charge is 0.143 e. The highest BCUT2D eigenvalue weighted by atomic mass is 32.2. The van der Waals surface area contributed by atoms with Gasteiger partial charge in [0.2, 0.25) is 0 Å². The van der Waals surface area contributed by atoms with Gasteiger partial charge in [-0.05, 0) is 19.1 Å². The molecule has 0 aliphatic rings. The zero-order chi connectivity index (χ0) is 19.8. The molecule has 0 fully saturated rings. The summed E-state index contributed by atoms with van der Waals surface area (Å²) in [7, 11) is 1.58. The van der Waals surface area contributed by atoms with E-state index >= 15 is 0 Å². The zero-order valence-electron chi connectivity index (χ0n) is 15.0. The van der Waals surface area contributed by atoms with Crippen LogP contribution in [0.15, 0.2) is 23.4 Å². The summed E-state index contributed by atoms with van der Waals surface area (Å²) in [6.45, 7) is 2.47. The van der Waals surface area contributed by atoms with E-state index in [0.29, 0.717) is 41.0 Å². The van der Waals surface area contributed by atoms with E-state index in [1.54, 1.807) is 26.2 Å². The Morgan fingerprint density at radius 3 is 2.56 bits per heavy atom. The molecule has 0 saturated carbocycles. The largest absolute Gasteiger partial charge is 0.490 e. The molecule has 2 heterocycles. The average Bonchev–Trinajstić information content (AvgIpc) is 2.66. The number of ether oxygens (including phenoxy) is 2. The Hall–Kier alpha value is -2.85. The van der Waals surface area contributed by atoms with Crippen molar-refractivity contribution in [3.8, 4) is 29.1 Å². The predicted octanol–water partition coefficient (Wildman–Crippen LogP) is 1.97. The number of pyridine rings is 2. The third kappa shape index (κ3) is 5.08. The molecule has 1 atom stereocenters. The molecular weight excluding hydrogens is 366 g/mol. The summed E-state index contributed by atoms with van der Waals surface area (Å²) in [5.41, 5.74) is 6.95. The summed E-state index contributed by atoms with van der Waals surface area (Å²) in [6.07, 6.45) is 0.928. The molecule has 27 heavy (non-hydrogen) atoms. The molecule has 0 amide bonds. The van der Waals surface area contributed by atoms with Crippen LogP contribution >= 0.6 is 11.8 Å². The van der Waals surface area contributed by atoms with Crippen molar-refractivity contribution >= 4 is 17.6 Å². The third-order valence-electron chi connectivity index (χ3n) is 3.43. The first-order valence-electron chi connectivity index (χ1n) is 8.04. The lowest BCUT2D eigenvalue weighted by Gasteiger charge is -2.13. The van der Waals surface area contributed by atoms with Gasteiger partial charge in [0.1, 0.15) is 40.9 Å². The normalized spacial score (nSPS) is 11.4. The molecule has 0 bridgehead atoms. The minimum Gasteiger partial charge on any atom is -0.490 e. The van der Waals surface area contributed by atoms with Gasteiger partial charge in [0.15, 0.2) is 0 Å². The summed E-state index contributed by atoms with van der Waals surface area (Å²) in [5.74, 6) is 0.895. The third-order valence-corrected chi connectivity index (χ3v) is 4.64. The Morgan fingerprint density at radius 1 is 1.26 bits per heavy atom. The number of nitrogens with zero attached hydrogens (tertiary/aromatic N) is 4. The van der Waals surface area contributed by atoms with Crippen LogP contribution in [0.4, 0.5) is 5.82 Å². The second kappa shape index (κ2) is 9.74. The van der Waals surface area contributed by atoms with Crippen LogP contribution in [-0.4, -0.2) is 47.3 Å². The van der Waals surface area contributed by atoms with Gasteiger partial charge in [-0.3, -0.25) is 4.98 Å². The Balaban J connectivity index is 2.47. The lowest BCUT2D eigenvalue weighted by molar-refractivity contribution is 0.146. The highest BCUT2D eigenvalue weighted by molar-refractivity contribution is 7.99. The number of nitrogen functional groups attached to an aromatic ring is 1. The van der Waals surface area contributed by atoms with E-state index in [-0.39, 0.29) is 16.9 Å². The lowest BCUT2D eigenvalue weighted by Crippen LogP contribution is -2.07. The zero-order valence-corrected chi connectivity index (χ0v) is 15.8. The molecule has 2 aromatic heterocycles. The number of rotatable bonds is 8. The fraction of sp³-hybridized carbons (Fsp3) is 0.333. The number of nitriles is 2. The molecular formula is C18H19N5O3S. The Bertz CT molecular complexity index is 873. The van der Waals surface area contributed by atoms with Crippen LogP contribution < -0.4 is 10.5 Å². The fourth-order valence-electron chi connectivity index (χ4n) is 2.21. The van der Waals surface area contributed by atoms with Gasteiger partial charge in [0.05, 0.1) is 30.2 Å². The highest BCUT2D eigenvalue weighted by Crippen LogP contribution is 2.35. The quantitative estimate of drug-likeness (QED) is 0.515. The first-order chi connectivity index (χ1) is 13.0. The molecule has 0 spiro atoms. The van der Waals surface area contributed by atoms with E-state index in [1.807, 2.05) is 6.07 Å². The van der Waals surface area contributed by atoms with Gasteiger partial charge < -0.3 is 20.3 Å². The first kappa shape index (κ1) is 20.5. The number of anilines is 1. The molecule has 0 saturated heterocycles. The summed E-state index contributed by atoms with van der Waals surface area (Å²) in [6, 6.07) is 7.43. The van der Waals surface area contributed by atoms with Crippen LogP contribution in [0.1, 0.15) is 18.1 Å². The molecule has 2 rings (SSSR count). The van der Waals surface area contributed by atoms with E-state index in [9.17, 15) is 15.6 Å². The van der Waals surface area contributed by atoms with E-state index in [2.05, 4.69) is 16.0 Å². The molecule has 2 aromatic rings. The van der Waals surface area contributed by atoms with Crippen LogP contribution in [-0.2, 0) is 4.74 Å². The average molecular weight is 385 g/mol. The van der Waals surface area contributed by atoms with Crippen LogP contribution in [0, 0.1) is 22.7 Å². The fourth-order valence-corrected chi connectivity index (χ4v) is 3.07. The van der Waals surface area contributed by atoms with Crippen molar-refractivity contribution in [2.24, 2.45) is 0 Å². The molecule has 8 nitrogen and oxygen atoms in total. The van der Waals surface area contributed by atoms with Gasteiger partial charge in [-0.15, -0.1) is 11.8 Å². The number of methoxy groups -OCH3 is 1. The number of aromatic nitrogens is 2. The SMILES string of the molecule is COCCOc1ccc(-c2c(C#N)c(N)nc(SCC(C)O)c2C#N)nc1. The molecule has 0 aliphatic carbocycles. The number of hydrogen-bond acceptors (Lipinski definition) is 9. The summed E-state index contributed by atoms with van der Waals surface area (Å²) in [5, 5.41) is 29.0. The van der Waals surface area contributed by atoms with Crippen molar-refractivity contribution in [1.29, 1.82) is 10.5 Å². The van der Waals surface area contributed by atoms with Crippen molar-refractivity contribution in [2.45, 2.75) is 18.1 Å². The van der Waals surface area contributed by atoms with Crippen molar-refractivity contribution in [3.63, 3.8) is 0 Å². The molecule has 3 N–H and O–H groups in total. The van der Waals surface area contributed by atoms with Crippen molar-refractivity contribution < 1.29 is 14.6 Å². The van der Waals surface area contributed by atoms with Crippen LogP contribution in [0.25, 0.3) is 11.3 Å². The second-order valence-corrected chi connectivity index (χ2v) is 6.54. The van der Waals surface area contributed by atoms with Crippen molar-refractivity contribution in [3.05, 3.63) is 29.5 Å². The van der Waals surface area contributed by atoms with Gasteiger partial charge >= 0.3 is 0 Å². The van der Waals surface area contributed by atoms with Gasteiger partial charge in [-0.25, -0.2) is 4.98 Å². The molecule has 0 aromatic carbocycles.